The first-order chi connectivity index (χ1) is 8.42. The van der Waals surface area contributed by atoms with Gasteiger partial charge < -0.3 is 4.90 Å². The third kappa shape index (κ3) is 2.61. The minimum atomic E-state index is 1.24. The summed E-state index contributed by atoms with van der Waals surface area (Å²) in [5.74, 6) is 0. The largest absolute Gasteiger partial charge is 0.303 e. The van der Waals surface area contributed by atoms with Crippen LogP contribution in [-0.4, -0.2) is 24.5 Å². The zero-order chi connectivity index (χ0) is 11.5. The molecule has 0 spiro atoms. The van der Waals surface area contributed by atoms with Gasteiger partial charge in [0.05, 0.1) is 0 Å². The third-order valence-electron chi connectivity index (χ3n) is 4.08. The van der Waals surface area contributed by atoms with Crippen LogP contribution in [0.3, 0.4) is 0 Å². The van der Waals surface area contributed by atoms with Gasteiger partial charge >= 0.3 is 0 Å². The van der Waals surface area contributed by atoms with E-state index in [1.807, 2.05) is 0 Å². The zero-order valence-electron chi connectivity index (χ0n) is 10.5. The molecule has 1 aromatic carbocycles. The molecule has 0 bridgehead atoms. The van der Waals surface area contributed by atoms with E-state index in [9.17, 15) is 0 Å². The number of fused-ring (bicyclic) bond motifs is 1. The Morgan fingerprint density at radius 1 is 1.00 bits per heavy atom. The van der Waals surface area contributed by atoms with Gasteiger partial charge in [-0.25, -0.2) is 0 Å². The molecule has 1 nitrogen and oxygen atoms in total. The van der Waals surface area contributed by atoms with Crippen molar-refractivity contribution in [3.63, 3.8) is 0 Å². The van der Waals surface area contributed by atoms with E-state index in [1.165, 1.54) is 62.9 Å². The smallest absolute Gasteiger partial charge is 0.00187 e. The van der Waals surface area contributed by atoms with Gasteiger partial charge in [0, 0.05) is 6.54 Å². The average molecular weight is 227 g/mol. The van der Waals surface area contributed by atoms with Gasteiger partial charge in [0.15, 0.2) is 0 Å². The van der Waals surface area contributed by atoms with E-state index < -0.39 is 0 Å². The lowest BCUT2D eigenvalue weighted by Crippen LogP contribution is -2.21. The highest BCUT2D eigenvalue weighted by Crippen LogP contribution is 2.25. The SMILES string of the molecule is C1=C(CCN2CCCC2)CCc2ccccc21. The Balaban J connectivity index is 1.63. The maximum absolute atomic E-state index is 2.61. The summed E-state index contributed by atoms with van der Waals surface area (Å²) >= 11 is 0. The van der Waals surface area contributed by atoms with Crippen molar-refractivity contribution in [2.75, 3.05) is 19.6 Å². The predicted octanol–water partition coefficient (Wildman–Crippen LogP) is 3.50. The lowest BCUT2D eigenvalue weighted by atomic mass is 9.91. The second kappa shape index (κ2) is 5.05. The normalized spacial score (nSPS) is 20.1. The van der Waals surface area contributed by atoms with E-state index in [-0.39, 0.29) is 0 Å². The maximum atomic E-state index is 2.61. The molecule has 1 aliphatic heterocycles. The fraction of sp³-hybridized carbons (Fsp3) is 0.500. The van der Waals surface area contributed by atoms with Crippen molar-refractivity contribution in [1.82, 2.24) is 4.90 Å². The number of benzene rings is 1. The van der Waals surface area contributed by atoms with Crippen LogP contribution >= 0.6 is 0 Å². The molecule has 0 unspecified atom stereocenters. The quantitative estimate of drug-likeness (QED) is 0.764. The summed E-state index contributed by atoms with van der Waals surface area (Å²) in [6.45, 7) is 3.92. The van der Waals surface area contributed by atoms with E-state index in [4.69, 9.17) is 0 Å². The minimum absolute atomic E-state index is 1.24. The Kier molecular flexibility index (Phi) is 3.28. The van der Waals surface area contributed by atoms with Crippen LogP contribution in [0.1, 0.15) is 36.8 Å². The van der Waals surface area contributed by atoms with Crippen LogP contribution in [0.4, 0.5) is 0 Å². The van der Waals surface area contributed by atoms with Gasteiger partial charge in [-0.1, -0.05) is 35.9 Å². The van der Waals surface area contributed by atoms with Gasteiger partial charge in [-0.05, 0) is 56.3 Å². The van der Waals surface area contributed by atoms with Crippen molar-refractivity contribution in [2.24, 2.45) is 0 Å². The predicted molar refractivity (Wildman–Crippen MR) is 73.0 cm³/mol. The summed E-state index contributed by atoms with van der Waals surface area (Å²) < 4.78 is 0. The second-order valence-corrected chi connectivity index (χ2v) is 5.30. The van der Waals surface area contributed by atoms with E-state index in [1.54, 1.807) is 5.57 Å². The number of likely N-dealkylation sites (tertiary alicyclic amines) is 1. The van der Waals surface area contributed by atoms with Crippen molar-refractivity contribution in [3.05, 3.63) is 41.0 Å². The van der Waals surface area contributed by atoms with Crippen LogP contribution in [0.5, 0.6) is 0 Å². The molecule has 0 saturated carbocycles. The molecule has 0 N–H and O–H groups in total. The fourth-order valence-corrected chi connectivity index (χ4v) is 3.00. The van der Waals surface area contributed by atoms with Crippen LogP contribution in [-0.2, 0) is 6.42 Å². The average Bonchev–Trinajstić information content (AvgIpc) is 2.89. The molecule has 1 aliphatic carbocycles. The summed E-state index contributed by atoms with van der Waals surface area (Å²) in [5, 5.41) is 0. The molecule has 0 atom stereocenters. The molecule has 1 saturated heterocycles. The summed E-state index contributed by atoms with van der Waals surface area (Å²) in [7, 11) is 0. The van der Waals surface area contributed by atoms with Gasteiger partial charge in [-0.3, -0.25) is 0 Å². The molecule has 1 aromatic rings. The molecular formula is C16H21N. The van der Waals surface area contributed by atoms with E-state index in [2.05, 4.69) is 35.2 Å². The number of hydrogen-bond donors (Lipinski definition) is 0. The standard InChI is InChI=1S/C16H21N/c1-2-6-16-13-14(7-8-15(16)5-1)9-12-17-10-3-4-11-17/h1-2,5-6,13H,3-4,7-12H2. The number of hydrogen-bond acceptors (Lipinski definition) is 1. The highest BCUT2D eigenvalue weighted by Gasteiger charge is 2.13. The van der Waals surface area contributed by atoms with Crippen LogP contribution in [0.2, 0.25) is 0 Å². The fourth-order valence-electron chi connectivity index (χ4n) is 3.00. The zero-order valence-corrected chi connectivity index (χ0v) is 10.5. The van der Waals surface area contributed by atoms with E-state index >= 15 is 0 Å². The monoisotopic (exact) mass is 227 g/mol. The Hall–Kier alpha value is -1.08. The molecule has 2 aliphatic rings. The molecule has 90 valence electrons. The van der Waals surface area contributed by atoms with Crippen LogP contribution in [0.25, 0.3) is 6.08 Å². The summed E-state index contributed by atoms with van der Waals surface area (Å²) in [4.78, 5) is 2.61. The van der Waals surface area contributed by atoms with Gasteiger partial charge in [-0.15, -0.1) is 0 Å². The van der Waals surface area contributed by atoms with Crippen molar-refractivity contribution in [1.29, 1.82) is 0 Å². The Morgan fingerprint density at radius 3 is 2.71 bits per heavy atom. The molecule has 1 fully saturated rings. The number of nitrogens with zero attached hydrogens (tertiary/aromatic N) is 1. The highest BCUT2D eigenvalue weighted by molar-refractivity contribution is 5.59. The maximum Gasteiger partial charge on any atom is 0.00187 e. The third-order valence-corrected chi connectivity index (χ3v) is 4.08. The van der Waals surface area contributed by atoms with Crippen LogP contribution < -0.4 is 0 Å². The molecule has 0 aromatic heterocycles. The van der Waals surface area contributed by atoms with Crippen molar-refractivity contribution < 1.29 is 0 Å². The molecule has 1 heterocycles. The summed E-state index contributed by atoms with van der Waals surface area (Å²) in [5.41, 5.74) is 4.63. The first kappa shape index (κ1) is 11.0. The molecule has 17 heavy (non-hydrogen) atoms. The summed E-state index contributed by atoms with van der Waals surface area (Å²) in [6.07, 6.45) is 9.01. The van der Waals surface area contributed by atoms with E-state index in [0.717, 1.165) is 0 Å². The lowest BCUT2D eigenvalue weighted by molar-refractivity contribution is 0.342. The van der Waals surface area contributed by atoms with Crippen LogP contribution in [0.15, 0.2) is 29.8 Å². The van der Waals surface area contributed by atoms with Crippen molar-refractivity contribution in [3.8, 4) is 0 Å². The second-order valence-electron chi connectivity index (χ2n) is 5.30. The van der Waals surface area contributed by atoms with Crippen molar-refractivity contribution in [2.45, 2.75) is 32.1 Å². The highest BCUT2D eigenvalue weighted by atomic mass is 15.1. The summed E-state index contributed by atoms with van der Waals surface area (Å²) in [6, 6.07) is 8.83. The Bertz CT molecular complexity index is 413. The molecule has 1 heteroatoms. The number of aryl methyl sites for hydroxylation is 1. The molecule has 0 amide bonds. The van der Waals surface area contributed by atoms with Gasteiger partial charge in [-0.2, -0.15) is 0 Å². The van der Waals surface area contributed by atoms with Gasteiger partial charge in [0.2, 0.25) is 0 Å². The van der Waals surface area contributed by atoms with Gasteiger partial charge in [0.1, 0.15) is 0 Å². The molecular weight excluding hydrogens is 206 g/mol. The van der Waals surface area contributed by atoms with Crippen molar-refractivity contribution >= 4 is 6.08 Å². The molecule has 3 rings (SSSR count). The van der Waals surface area contributed by atoms with Gasteiger partial charge in [0.25, 0.3) is 0 Å². The first-order valence-electron chi connectivity index (χ1n) is 6.91. The Labute approximate surface area is 104 Å². The number of rotatable bonds is 3. The molecule has 0 radical (unpaired) electrons. The van der Waals surface area contributed by atoms with E-state index in [0.29, 0.717) is 0 Å². The first-order valence-corrected chi connectivity index (χ1v) is 6.91. The lowest BCUT2D eigenvalue weighted by Gasteiger charge is -2.19. The Morgan fingerprint density at radius 2 is 1.82 bits per heavy atom. The topological polar surface area (TPSA) is 3.24 Å². The van der Waals surface area contributed by atoms with Crippen LogP contribution in [0, 0.1) is 0 Å². The minimum Gasteiger partial charge on any atom is -0.303 e.